The minimum absolute atomic E-state index is 0.0698. The van der Waals surface area contributed by atoms with Crippen LogP contribution in [0.5, 0.6) is 5.75 Å². The van der Waals surface area contributed by atoms with Crippen LogP contribution < -0.4 is 9.54 Å². The molecule has 34 heavy (non-hydrogen) atoms. The molecular formula is C23H19ClF3N5OS. The summed E-state index contributed by atoms with van der Waals surface area (Å²) in [5, 5.41) is 11.3. The summed E-state index contributed by atoms with van der Waals surface area (Å²) in [4.78, 5) is 4.89. The van der Waals surface area contributed by atoms with Gasteiger partial charge in [0.15, 0.2) is 0 Å². The number of aryl methyl sites for hydroxylation is 1. The van der Waals surface area contributed by atoms with Crippen LogP contribution in [0.3, 0.4) is 0 Å². The Morgan fingerprint density at radius 2 is 1.85 bits per heavy atom. The maximum absolute atomic E-state index is 13.2. The monoisotopic (exact) mass is 505 g/mol. The molecule has 0 aliphatic carbocycles. The van der Waals surface area contributed by atoms with E-state index in [4.69, 9.17) is 11.6 Å². The normalized spacial score (nSPS) is 12.3. The fraction of sp³-hybridized carbons (Fsp3) is 0.174. The highest BCUT2D eigenvalue weighted by Crippen LogP contribution is 2.25. The molecule has 2 aromatic carbocycles. The quantitative estimate of drug-likeness (QED) is 0.308. The summed E-state index contributed by atoms with van der Waals surface area (Å²) in [5.74, 6) is -0.239. The Balaban J connectivity index is 1.64. The summed E-state index contributed by atoms with van der Waals surface area (Å²) in [6.07, 6.45) is 1.60. The number of thiazole rings is 1. The lowest BCUT2D eigenvalue weighted by Gasteiger charge is -2.06. The van der Waals surface area contributed by atoms with Crippen LogP contribution in [0.15, 0.2) is 64.0 Å². The van der Waals surface area contributed by atoms with Crippen LogP contribution >= 0.6 is 22.9 Å². The molecule has 0 spiro atoms. The summed E-state index contributed by atoms with van der Waals surface area (Å²) in [7, 11) is 1.65. The second-order valence-corrected chi connectivity index (χ2v) is 8.35. The van der Waals surface area contributed by atoms with Crippen LogP contribution in [-0.2, 0) is 6.54 Å². The van der Waals surface area contributed by atoms with E-state index in [0.717, 1.165) is 16.8 Å². The first-order chi connectivity index (χ1) is 16.4. The molecule has 0 atom stereocenters. The molecule has 0 amide bonds. The largest absolute Gasteiger partial charge is 0.435 e. The SMILES string of the molecule is CN=c1scc(-c2ccc(OC(F)F)cc2)n1/N=C/c1c(C)nn(Cc2ccc(F)cc2)c1Cl. The molecule has 0 radical (unpaired) electrons. The Labute approximate surface area is 202 Å². The van der Waals surface area contributed by atoms with Gasteiger partial charge in [-0.1, -0.05) is 23.7 Å². The number of halogens is 4. The van der Waals surface area contributed by atoms with Crippen molar-refractivity contribution in [1.29, 1.82) is 0 Å². The second-order valence-electron chi connectivity index (χ2n) is 7.16. The Morgan fingerprint density at radius 3 is 2.50 bits per heavy atom. The number of benzene rings is 2. The van der Waals surface area contributed by atoms with Crippen molar-refractivity contribution in [3.63, 3.8) is 0 Å². The molecule has 0 saturated carbocycles. The van der Waals surface area contributed by atoms with Crippen LogP contribution in [0.2, 0.25) is 5.15 Å². The fourth-order valence-electron chi connectivity index (χ4n) is 3.26. The average Bonchev–Trinajstić information content (AvgIpc) is 3.34. The number of rotatable bonds is 7. The Morgan fingerprint density at radius 1 is 1.15 bits per heavy atom. The molecule has 4 aromatic rings. The van der Waals surface area contributed by atoms with Gasteiger partial charge in [0.1, 0.15) is 16.7 Å². The van der Waals surface area contributed by atoms with Gasteiger partial charge in [0.25, 0.3) is 0 Å². The third-order valence-corrected chi connectivity index (χ3v) is 6.22. The Kier molecular flexibility index (Phi) is 7.18. The highest BCUT2D eigenvalue weighted by Gasteiger charge is 2.14. The maximum Gasteiger partial charge on any atom is 0.387 e. The zero-order valence-corrected chi connectivity index (χ0v) is 19.7. The molecule has 0 bridgehead atoms. The van der Waals surface area contributed by atoms with Gasteiger partial charge < -0.3 is 4.74 Å². The first-order valence-corrected chi connectivity index (χ1v) is 11.3. The lowest BCUT2D eigenvalue weighted by Crippen LogP contribution is -2.11. The summed E-state index contributed by atoms with van der Waals surface area (Å²) in [6, 6.07) is 12.4. The lowest BCUT2D eigenvalue weighted by molar-refractivity contribution is -0.0498. The number of alkyl halides is 2. The molecular weight excluding hydrogens is 487 g/mol. The molecule has 0 aliphatic heterocycles. The van der Waals surface area contributed by atoms with E-state index in [0.29, 0.717) is 27.8 Å². The zero-order chi connectivity index (χ0) is 24.2. The van der Waals surface area contributed by atoms with Crippen molar-refractivity contribution in [1.82, 2.24) is 14.5 Å². The van der Waals surface area contributed by atoms with Crippen molar-refractivity contribution in [2.24, 2.45) is 10.1 Å². The van der Waals surface area contributed by atoms with Gasteiger partial charge in [0.2, 0.25) is 4.80 Å². The summed E-state index contributed by atoms with van der Waals surface area (Å²) in [6.45, 7) is -0.683. The van der Waals surface area contributed by atoms with Crippen molar-refractivity contribution in [2.75, 3.05) is 7.05 Å². The van der Waals surface area contributed by atoms with Gasteiger partial charge >= 0.3 is 6.61 Å². The molecule has 2 aromatic heterocycles. The standard InChI is InChI=1S/C23H19ClF3N5OS/c1-14-19(21(24)31(30-14)12-15-3-7-17(25)8-4-15)11-29-32-20(13-34-23(32)28-2)16-5-9-18(10-6-16)33-22(26)27/h3-11,13,22H,12H2,1-2H3/b28-23?,29-11+. The Bertz CT molecular complexity index is 1380. The van der Waals surface area contributed by atoms with E-state index in [1.54, 1.807) is 46.9 Å². The molecule has 6 nitrogen and oxygen atoms in total. The van der Waals surface area contributed by atoms with Gasteiger partial charge in [-0.25, -0.2) is 13.7 Å². The first kappa shape index (κ1) is 23.8. The molecule has 0 unspecified atom stereocenters. The highest BCUT2D eigenvalue weighted by molar-refractivity contribution is 7.07. The smallest absolute Gasteiger partial charge is 0.387 e. The van der Waals surface area contributed by atoms with Crippen LogP contribution in [0.4, 0.5) is 13.2 Å². The average molecular weight is 506 g/mol. The molecule has 0 fully saturated rings. The van der Waals surface area contributed by atoms with Gasteiger partial charge in [0, 0.05) is 18.0 Å². The molecule has 0 N–H and O–H groups in total. The van der Waals surface area contributed by atoms with E-state index in [1.807, 2.05) is 12.3 Å². The molecule has 0 saturated heterocycles. The van der Waals surface area contributed by atoms with Crippen molar-refractivity contribution in [3.8, 4) is 17.0 Å². The van der Waals surface area contributed by atoms with Crippen molar-refractivity contribution in [2.45, 2.75) is 20.1 Å². The predicted octanol–water partition coefficient (Wildman–Crippen LogP) is 5.58. The van der Waals surface area contributed by atoms with Crippen molar-refractivity contribution >= 4 is 29.2 Å². The van der Waals surface area contributed by atoms with Gasteiger partial charge in [-0.05, 0) is 48.9 Å². The zero-order valence-electron chi connectivity index (χ0n) is 18.1. The van der Waals surface area contributed by atoms with E-state index in [-0.39, 0.29) is 11.6 Å². The van der Waals surface area contributed by atoms with Crippen molar-refractivity contribution in [3.05, 3.63) is 86.5 Å². The molecule has 4 rings (SSSR count). The highest BCUT2D eigenvalue weighted by atomic mass is 35.5. The maximum atomic E-state index is 13.2. The topological polar surface area (TPSA) is 56.7 Å². The fourth-order valence-corrected chi connectivity index (χ4v) is 4.35. The van der Waals surface area contributed by atoms with E-state index in [2.05, 4.69) is 19.9 Å². The molecule has 2 heterocycles. The lowest BCUT2D eigenvalue weighted by atomic mass is 10.2. The molecule has 176 valence electrons. The van der Waals surface area contributed by atoms with Gasteiger partial charge in [-0.2, -0.15) is 19.0 Å². The molecule has 0 aliphatic rings. The number of nitrogens with zero attached hydrogens (tertiary/aromatic N) is 5. The number of ether oxygens (including phenoxy) is 1. The Hall–Kier alpha value is -3.37. The minimum Gasteiger partial charge on any atom is -0.435 e. The first-order valence-electron chi connectivity index (χ1n) is 10.1. The summed E-state index contributed by atoms with van der Waals surface area (Å²) < 4.78 is 45.7. The van der Waals surface area contributed by atoms with E-state index < -0.39 is 6.61 Å². The summed E-state index contributed by atoms with van der Waals surface area (Å²) in [5.41, 5.74) is 3.64. The predicted molar refractivity (Wildman–Crippen MR) is 126 cm³/mol. The van der Waals surface area contributed by atoms with Crippen LogP contribution in [0.1, 0.15) is 16.8 Å². The van der Waals surface area contributed by atoms with E-state index >= 15 is 0 Å². The molecule has 11 heteroatoms. The van der Waals surface area contributed by atoms with E-state index in [1.165, 1.54) is 35.6 Å². The summed E-state index contributed by atoms with van der Waals surface area (Å²) >= 11 is 7.95. The third kappa shape index (κ3) is 5.23. The number of aromatic nitrogens is 3. The minimum atomic E-state index is -2.89. The van der Waals surface area contributed by atoms with Crippen LogP contribution in [-0.4, -0.2) is 34.3 Å². The number of hydrogen-bond donors (Lipinski definition) is 0. The van der Waals surface area contributed by atoms with Gasteiger partial charge in [-0.15, -0.1) is 11.3 Å². The van der Waals surface area contributed by atoms with E-state index in [9.17, 15) is 13.2 Å². The van der Waals surface area contributed by atoms with Gasteiger partial charge in [-0.3, -0.25) is 4.99 Å². The number of hydrogen-bond acceptors (Lipinski definition) is 5. The second kappa shape index (κ2) is 10.3. The van der Waals surface area contributed by atoms with Crippen molar-refractivity contribution < 1.29 is 17.9 Å². The van der Waals surface area contributed by atoms with Crippen LogP contribution in [0.25, 0.3) is 11.3 Å². The van der Waals surface area contributed by atoms with Gasteiger partial charge in [0.05, 0.1) is 29.7 Å². The van der Waals surface area contributed by atoms with Crippen LogP contribution in [0, 0.1) is 12.7 Å². The third-order valence-electron chi connectivity index (χ3n) is 4.91.